The molecule has 122 heavy (non-hydrogen) atoms. The number of aromatic nitrogens is 8. The van der Waals surface area contributed by atoms with Gasteiger partial charge in [-0.25, -0.2) is 0 Å². The molecule has 0 amide bonds. The van der Waals surface area contributed by atoms with E-state index in [0.29, 0.717) is 5.92 Å². The number of hydrogen-bond donors (Lipinski definition) is 0. The number of nitrogens with zero attached hydrogens (tertiary/aromatic N) is 8. The van der Waals surface area contributed by atoms with Gasteiger partial charge in [0.25, 0.3) is 0 Å². The molecule has 0 aliphatic carbocycles. The van der Waals surface area contributed by atoms with Crippen LogP contribution >= 0.6 is 0 Å². The van der Waals surface area contributed by atoms with Crippen LogP contribution in [0.1, 0.15) is 42.2 Å². The smallest absolute Gasteiger partial charge is 0.142 e. The second kappa shape index (κ2) is 41.2. The van der Waals surface area contributed by atoms with Gasteiger partial charge >= 0.3 is 0 Å². The molecule has 19 rings (SSSR count). The molecular weight excluding hydrogens is 2080 g/mol. The van der Waals surface area contributed by atoms with Gasteiger partial charge in [-0.05, 0) is 137 Å². The van der Waals surface area contributed by atoms with Crippen molar-refractivity contribution in [1.29, 1.82) is 0 Å². The molecule has 0 N–H and O–H groups in total. The molecule has 0 aliphatic heterocycles. The average Bonchev–Trinajstić information content (AvgIpc) is 1.51. The van der Waals surface area contributed by atoms with Gasteiger partial charge in [0.2, 0.25) is 0 Å². The number of aryl methyl sites for hydroxylation is 4. The number of para-hydroxylation sites is 1. The van der Waals surface area contributed by atoms with E-state index < -0.39 is 24.2 Å². The predicted molar refractivity (Wildman–Crippen MR) is 500 cm³/mol. The second-order valence-electron chi connectivity index (χ2n) is 33.1. The van der Waals surface area contributed by atoms with Crippen molar-refractivity contribution in [3.8, 4) is 78.7 Å². The Morgan fingerprint density at radius 3 is 1.14 bits per heavy atom. The van der Waals surface area contributed by atoms with Gasteiger partial charge < -0.3 is 43.2 Å². The van der Waals surface area contributed by atoms with E-state index in [9.17, 15) is 0 Å². The normalized spacial score (nSPS) is 11.1. The van der Waals surface area contributed by atoms with Gasteiger partial charge in [-0.15, -0.1) is 179 Å². The van der Waals surface area contributed by atoms with E-state index in [2.05, 4.69) is 242 Å². The van der Waals surface area contributed by atoms with Crippen molar-refractivity contribution in [3.63, 3.8) is 0 Å². The molecule has 0 spiro atoms. The van der Waals surface area contributed by atoms with Gasteiger partial charge in [0, 0.05) is 125 Å². The summed E-state index contributed by atoms with van der Waals surface area (Å²) in [5.74, 6) is 0.614. The molecule has 8 aromatic carbocycles. The molecule has 11 heterocycles. The summed E-state index contributed by atoms with van der Waals surface area (Å²) in [5, 5.41) is 10.8. The number of fused-ring (bicyclic) bond motifs is 9. The first kappa shape index (κ1) is 91.7. The summed E-state index contributed by atoms with van der Waals surface area (Å²) in [6.45, 7) is 33.8. The summed E-state index contributed by atoms with van der Waals surface area (Å²) in [6.07, 6.45) is 12.7. The number of furan rings is 3. The zero-order chi connectivity index (χ0) is 83.4. The Balaban J connectivity index is 0.000000148. The molecule has 19 aromatic rings. The van der Waals surface area contributed by atoms with Gasteiger partial charge in [0.15, 0.2) is 0 Å². The fourth-order valence-electron chi connectivity index (χ4n) is 14.4. The van der Waals surface area contributed by atoms with Crippen molar-refractivity contribution in [1.82, 2.24) is 39.9 Å². The van der Waals surface area contributed by atoms with Crippen molar-refractivity contribution in [2.75, 3.05) is 0 Å². The molecule has 17 heteroatoms. The van der Waals surface area contributed by atoms with Crippen LogP contribution in [-0.2, 0) is 66.7 Å². The first-order valence-corrected chi connectivity index (χ1v) is 50.8. The fourth-order valence-corrected chi connectivity index (χ4v) is 18.5. The van der Waals surface area contributed by atoms with E-state index in [1.54, 1.807) is 18.6 Å². The summed E-state index contributed by atoms with van der Waals surface area (Å²) in [5.41, 5.74) is 24.9. The summed E-state index contributed by atoms with van der Waals surface area (Å²) in [7, 11) is -4.32. The first-order valence-electron chi connectivity index (χ1n) is 40.3. The van der Waals surface area contributed by atoms with Crippen molar-refractivity contribution < 1.29 is 73.6 Å². The van der Waals surface area contributed by atoms with Crippen LogP contribution in [0, 0.1) is 70.0 Å². The third kappa shape index (κ3) is 22.6. The third-order valence-corrected chi connectivity index (χ3v) is 26.4. The topological polar surface area (TPSA) is 143 Å². The molecular formula is C105H96Ir3N8O3Si3-6. The maximum Gasteiger partial charge on any atom is 0.142 e. The number of hydrogen-bond acceptors (Lipinski definition) is 11. The largest absolute Gasteiger partial charge is 0.500 e. The molecule has 11 aromatic heterocycles. The molecule has 11 nitrogen and oxygen atoms in total. The molecule has 0 unspecified atom stereocenters. The summed E-state index contributed by atoms with van der Waals surface area (Å²) >= 11 is 0. The van der Waals surface area contributed by atoms with Crippen LogP contribution in [0.5, 0.6) is 0 Å². The minimum Gasteiger partial charge on any atom is -0.500 e. The van der Waals surface area contributed by atoms with Crippen molar-refractivity contribution in [2.24, 2.45) is 5.92 Å². The van der Waals surface area contributed by atoms with Gasteiger partial charge in [-0.3, -0.25) is 9.97 Å². The zero-order valence-corrected chi connectivity index (χ0v) is 81.5. The summed E-state index contributed by atoms with van der Waals surface area (Å²) < 4.78 is 18.0. The second-order valence-corrected chi connectivity index (χ2v) is 48.2. The van der Waals surface area contributed by atoms with E-state index in [1.165, 1.54) is 32.3 Å². The molecule has 0 saturated carbocycles. The Labute approximate surface area is 760 Å². The molecule has 0 saturated heterocycles. The zero-order valence-electron chi connectivity index (χ0n) is 71.3. The first-order chi connectivity index (χ1) is 57.4. The number of benzene rings is 8. The third-order valence-electron chi connectivity index (χ3n) is 20.3. The molecule has 0 atom stereocenters. The monoisotopic (exact) mass is 2180 g/mol. The van der Waals surface area contributed by atoms with E-state index in [4.69, 9.17) is 23.2 Å². The van der Waals surface area contributed by atoms with Crippen LogP contribution in [0.4, 0.5) is 0 Å². The maximum atomic E-state index is 6.06. The van der Waals surface area contributed by atoms with E-state index >= 15 is 0 Å². The Morgan fingerprint density at radius 1 is 0.320 bits per heavy atom. The van der Waals surface area contributed by atoms with Crippen molar-refractivity contribution in [3.05, 3.63) is 357 Å². The van der Waals surface area contributed by atoms with E-state index in [0.717, 1.165) is 163 Å². The maximum absolute atomic E-state index is 6.06. The van der Waals surface area contributed by atoms with Gasteiger partial charge in [0.05, 0.1) is 52.4 Å². The van der Waals surface area contributed by atoms with E-state index in [-0.39, 0.29) is 60.3 Å². The van der Waals surface area contributed by atoms with Crippen molar-refractivity contribution in [2.45, 2.75) is 107 Å². The van der Waals surface area contributed by atoms with Crippen LogP contribution < -0.4 is 15.6 Å². The molecule has 0 fully saturated rings. The van der Waals surface area contributed by atoms with Crippen LogP contribution in [0.15, 0.2) is 305 Å². The van der Waals surface area contributed by atoms with Crippen molar-refractivity contribution >= 4 is 106 Å². The predicted octanol–water partition coefficient (Wildman–Crippen LogP) is 25.5. The van der Waals surface area contributed by atoms with Gasteiger partial charge in [-0.2, -0.15) is 0 Å². The Morgan fingerprint density at radius 2 is 0.721 bits per heavy atom. The van der Waals surface area contributed by atoms with Crippen LogP contribution in [0.3, 0.4) is 0 Å². The van der Waals surface area contributed by atoms with Gasteiger partial charge in [0.1, 0.15) is 16.7 Å². The Hall–Kier alpha value is -11.0. The molecule has 3 radical (unpaired) electrons. The van der Waals surface area contributed by atoms with E-state index in [1.807, 2.05) is 198 Å². The number of rotatable bonds is 12. The summed E-state index contributed by atoms with van der Waals surface area (Å²) in [4.78, 5) is 36.1. The van der Waals surface area contributed by atoms with Crippen LogP contribution in [0.25, 0.3) is 144 Å². The molecule has 619 valence electrons. The Kier molecular flexibility index (Phi) is 31.0. The number of pyridine rings is 8. The van der Waals surface area contributed by atoms with Crippen LogP contribution in [0.2, 0.25) is 58.9 Å². The average molecular weight is 2180 g/mol. The molecule has 0 aliphatic rings. The van der Waals surface area contributed by atoms with Gasteiger partial charge in [-0.1, -0.05) is 204 Å². The Bertz CT molecular complexity index is 6360. The quantitative estimate of drug-likeness (QED) is 0.0852. The SMILES string of the molecule is C[Si](C)(C)c1cnc(-c2[c-]cc3oc4ccccc4c3c2)cc1-c1ccccc1.Cc1cc2c(oc3c[c-]c(-c4cc(CC(C)C)c([Si](C)(C)C)cn4)cc32)c(C)n1.Cc1cc2c(oc3c[c-]c(-c4ccc([Si](C)(C)C)cn4)cc32)c(C)n1.[Ir].[Ir].[Ir].[c-]1ccccc1-c1ccccn1.[c-]1ccccc1-c1ccccn1.[c-]1ccccc1-c1ccccn1. The fraction of sp³-hybridized carbons (Fsp3) is 0.162. The summed E-state index contributed by atoms with van der Waals surface area (Å²) in [6, 6.07) is 105. The van der Waals surface area contributed by atoms with Crippen LogP contribution in [-0.4, -0.2) is 64.1 Å². The minimum atomic E-state index is -1.54. The standard InChI is InChI=1S/C26H22NOSi.C25H29N2OSi.C21H21N2OSi.3C11H8N.3Ir/c1-29(2,3)26-17-27-23(16-21(26)18-9-5-4-6-10-18)19-13-14-25-22(15-19)20-11-7-8-12-24(20)28-25;1-15(2)10-19-13-22(26-14-24(19)29(5,6)7)18-8-9-23-20(12-18)21-11-16(3)27-17(4)25(21)28-23;1-13-10-18-17-11-15(6-9-20(17)24-21(18)14(2)23-13)19-8-7-16(12-22-19)25(3,4)5;3*1-2-6-10(7-3-1)11-8-4-5-9-12-11;;;/h4-12,14-17H,1-3H3;9,11-15H,10H2,1-7H3;7-12H,1-5H3;3*1-6,8-9H;;;/q6*-1;;;. The molecule has 0 bridgehead atoms. The minimum absolute atomic E-state index is 0.